The molecule has 0 saturated heterocycles. The second kappa shape index (κ2) is 3.48. The molecular weight excluding hydrogens is 218 g/mol. The normalized spacial score (nSPS) is 16.1. The lowest BCUT2D eigenvalue weighted by Crippen LogP contribution is -2.29. The van der Waals surface area contributed by atoms with Crippen molar-refractivity contribution in [2.75, 3.05) is 11.9 Å². The number of nitrogens with zero attached hydrogens (tertiary/aromatic N) is 2. The van der Waals surface area contributed by atoms with Crippen LogP contribution in [0.25, 0.3) is 11.0 Å². The second-order valence-corrected chi connectivity index (χ2v) is 4.31. The van der Waals surface area contributed by atoms with Gasteiger partial charge in [-0.2, -0.15) is 0 Å². The largest absolute Gasteiger partial charge is 0.326 e. The Hall–Kier alpha value is -2.04. The first-order valence-corrected chi connectivity index (χ1v) is 5.66. The zero-order chi connectivity index (χ0) is 12.0. The summed E-state index contributed by atoms with van der Waals surface area (Å²) in [5.41, 5.74) is 2.31. The van der Waals surface area contributed by atoms with Gasteiger partial charge in [0.1, 0.15) is 0 Å². The first-order valence-electron chi connectivity index (χ1n) is 5.66. The number of hydrogen-bond donors (Lipinski definition) is 1. The zero-order valence-corrected chi connectivity index (χ0v) is 9.56. The van der Waals surface area contributed by atoms with Crippen LogP contribution >= 0.6 is 0 Å². The summed E-state index contributed by atoms with van der Waals surface area (Å²) in [6, 6.07) is 5.58. The van der Waals surface area contributed by atoms with E-state index >= 15 is 0 Å². The molecule has 1 aliphatic rings. The van der Waals surface area contributed by atoms with Gasteiger partial charge in [0.2, 0.25) is 5.91 Å². The average molecular weight is 231 g/mol. The molecule has 0 atom stereocenters. The van der Waals surface area contributed by atoms with Crippen LogP contribution in [0.4, 0.5) is 5.69 Å². The van der Waals surface area contributed by atoms with Crippen molar-refractivity contribution in [2.45, 2.75) is 19.4 Å². The SMILES string of the molecule is CN1C(=O)CCCn2c(=O)[nH]c3cccc1c32. The van der Waals surface area contributed by atoms with E-state index in [2.05, 4.69) is 4.98 Å². The average Bonchev–Trinajstić information content (AvgIpc) is 2.63. The van der Waals surface area contributed by atoms with Gasteiger partial charge >= 0.3 is 5.69 Å². The van der Waals surface area contributed by atoms with Crippen LogP contribution < -0.4 is 10.6 Å². The van der Waals surface area contributed by atoms with Gasteiger partial charge in [0, 0.05) is 20.0 Å². The minimum atomic E-state index is -0.102. The number of aryl methyl sites for hydroxylation is 1. The Morgan fingerprint density at radius 3 is 2.94 bits per heavy atom. The Bertz CT molecular complexity index is 653. The van der Waals surface area contributed by atoms with Crippen LogP contribution in [-0.2, 0) is 11.3 Å². The second-order valence-electron chi connectivity index (χ2n) is 4.31. The van der Waals surface area contributed by atoms with Gasteiger partial charge in [-0.1, -0.05) is 6.07 Å². The lowest BCUT2D eigenvalue weighted by Gasteiger charge is -2.21. The molecule has 1 aromatic carbocycles. The minimum absolute atomic E-state index is 0.0948. The highest BCUT2D eigenvalue weighted by molar-refractivity contribution is 6.01. The molecule has 2 heterocycles. The van der Waals surface area contributed by atoms with Crippen LogP contribution in [0, 0.1) is 0 Å². The maximum atomic E-state index is 11.9. The molecule has 0 bridgehead atoms. The molecule has 17 heavy (non-hydrogen) atoms. The van der Waals surface area contributed by atoms with Gasteiger partial charge in [-0.15, -0.1) is 0 Å². The first kappa shape index (κ1) is 10.1. The summed E-state index contributed by atoms with van der Waals surface area (Å²) in [5.74, 6) is 0.0948. The van der Waals surface area contributed by atoms with Crippen molar-refractivity contribution in [1.82, 2.24) is 9.55 Å². The van der Waals surface area contributed by atoms with E-state index in [9.17, 15) is 9.59 Å². The molecule has 0 fully saturated rings. The number of imidazole rings is 1. The van der Waals surface area contributed by atoms with Gasteiger partial charge in [0.05, 0.1) is 16.7 Å². The number of carbonyl (C=O) groups is 1. The predicted octanol–water partition coefficient (Wildman–Crippen LogP) is 1.09. The van der Waals surface area contributed by atoms with Crippen molar-refractivity contribution in [1.29, 1.82) is 0 Å². The molecule has 0 spiro atoms. The van der Waals surface area contributed by atoms with Gasteiger partial charge in [0.25, 0.3) is 0 Å². The summed E-state index contributed by atoms with van der Waals surface area (Å²) in [6.45, 7) is 0.593. The van der Waals surface area contributed by atoms with E-state index in [0.29, 0.717) is 19.4 Å². The number of carbonyl (C=O) groups excluding carboxylic acids is 1. The molecule has 0 radical (unpaired) electrons. The third-order valence-electron chi connectivity index (χ3n) is 3.28. The number of aromatic nitrogens is 2. The van der Waals surface area contributed by atoms with Crippen molar-refractivity contribution >= 4 is 22.6 Å². The monoisotopic (exact) mass is 231 g/mol. The lowest BCUT2D eigenvalue weighted by atomic mass is 10.2. The van der Waals surface area contributed by atoms with E-state index < -0.39 is 0 Å². The summed E-state index contributed by atoms with van der Waals surface area (Å²) in [5, 5.41) is 0. The molecule has 1 amide bonds. The standard InChI is InChI=1S/C12H13N3O2/c1-14-9-5-2-4-8-11(9)15(12(17)13-8)7-3-6-10(14)16/h2,4-5H,3,6-7H2,1H3,(H,13,17). The number of nitrogens with one attached hydrogen (secondary N) is 1. The highest BCUT2D eigenvalue weighted by Gasteiger charge is 2.20. The van der Waals surface area contributed by atoms with Gasteiger partial charge in [-0.3, -0.25) is 9.36 Å². The molecule has 1 aromatic heterocycles. The van der Waals surface area contributed by atoms with Crippen molar-refractivity contribution in [2.24, 2.45) is 0 Å². The van der Waals surface area contributed by atoms with Crippen molar-refractivity contribution in [3.63, 3.8) is 0 Å². The number of H-pyrrole nitrogens is 1. The van der Waals surface area contributed by atoms with E-state index in [1.54, 1.807) is 16.5 Å². The van der Waals surface area contributed by atoms with Crippen molar-refractivity contribution < 1.29 is 4.79 Å². The van der Waals surface area contributed by atoms with Crippen LogP contribution in [0.15, 0.2) is 23.0 Å². The number of rotatable bonds is 0. The van der Waals surface area contributed by atoms with Crippen LogP contribution in [0.3, 0.4) is 0 Å². The Morgan fingerprint density at radius 2 is 2.12 bits per heavy atom. The van der Waals surface area contributed by atoms with Crippen molar-refractivity contribution in [3.05, 3.63) is 28.7 Å². The van der Waals surface area contributed by atoms with Crippen LogP contribution in [-0.4, -0.2) is 22.5 Å². The molecule has 5 nitrogen and oxygen atoms in total. The van der Waals surface area contributed by atoms with Gasteiger partial charge in [-0.25, -0.2) is 4.79 Å². The number of anilines is 1. The van der Waals surface area contributed by atoms with Crippen LogP contribution in [0.2, 0.25) is 0 Å². The molecule has 5 heteroatoms. The number of para-hydroxylation sites is 1. The fraction of sp³-hybridized carbons (Fsp3) is 0.333. The summed E-state index contributed by atoms with van der Waals surface area (Å²) < 4.78 is 1.72. The maximum absolute atomic E-state index is 11.9. The van der Waals surface area contributed by atoms with E-state index in [1.165, 1.54) is 0 Å². The lowest BCUT2D eigenvalue weighted by molar-refractivity contribution is -0.118. The van der Waals surface area contributed by atoms with Crippen molar-refractivity contribution in [3.8, 4) is 0 Å². The molecule has 0 aliphatic carbocycles. The fourth-order valence-electron chi connectivity index (χ4n) is 2.37. The van der Waals surface area contributed by atoms with Gasteiger partial charge in [0.15, 0.2) is 0 Å². The molecular formula is C12H13N3O2. The topological polar surface area (TPSA) is 58.1 Å². The molecule has 1 aliphatic heterocycles. The molecule has 1 N–H and O–H groups in total. The number of benzene rings is 1. The molecule has 0 unspecified atom stereocenters. The van der Waals surface area contributed by atoms with Gasteiger partial charge < -0.3 is 9.88 Å². The summed E-state index contributed by atoms with van der Waals surface area (Å²) >= 11 is 0. The molecule has 2 aromatic rings. The summed E-state index contributed by atoms with van der Waals surface area (Å²) in [7, 11) is 1.75. The highest BCUT2D eigenvalue weighted by Crippen LogP contribution is 2.26. The fourth-order valence-corrected chi connectivity index (χ4v) is 2.37. The Balaban J connectivity index is 2.40. The van der Waals surface area contributed by atoms with E-state index in [-0.39, 0.29) is 11.6 Å². The number of aromatic amines is 1. The van der Waals surface area contributed by atoms with E-state index in [1.807, 2.05) is 18.2 Å². The van der Waals surface area contributed by atoms with E-state index in [4.69, 9.17) is 0 Å². The van der Waals surface area contributed by atoms with Gasteiger partial charge in [-0.05, 0) is 18.6 Å². The Kier molecular flexibility index (Phi) is 2.07. The smallest absolute Gasteiger partial charge is 0.313 e. The highest BCUT2D eigenvalue weighted by atomic mass is 16.2. The number of amides is 1. The summed E-state index contributed by atoms with van der Waals surface area (Å²) in [6.07, 6.45) is 1.17. The molecule has 3 rings (SSSR count). The zero-order valence-electron chi connectivity index (χ0n) is 9.56. The predicted molar refractivity (Wildman–Crippen MR) is 65.2 cm³/mol. The first-order chi connectivity index (χ1) is 8.18. The number of hydrogen-bond acceptors (Lipinski definition) is 2. The quantitative estimate of drug-likeness (QED) is 0.737. The molecule has 0 saturated carbocycles. The maximum Gasteiger partial charge on any atom is 0.326 e. The Morgan fingerprint density at radius 1 is 1.29 bits per heavy atom. The third kappa shape index (κ3) is 1.39. The Labute approximate surface area is 97.7 Å². The minimum Gasteiger partial charge on any atom is -0.313 e. The molecule has 88 valence electrons. The third-order valence-corrected chi connectivity index (χ3v) is 3.28. The van der Waals surface area contributed by atoms with Crippen LogP contribution in [0.1, 0.15) is 12.8 Å². The van der Waals surface area contributed by atoms with Crippen LogP contribution in [0.5, 0.6) is 0 Å². The summed E-state index contributed by atoms with van der Waals surface area (Å²) in [4.78, 5) is 28.1. The van der Waals surface area contributed by atoms with E-state index in [0.717, 1.165) is 16.7 Å².